The van der Waals surface area contributed by atoms with Crippen molar-refractivity contribution in [3.05, 3.63) is 87.0 Å². The third-order valence-corrected chi connectivity index (χ3v) is 6.41. The van der Waals surface area contributed by atoms with Gasteiger partial charge in [-0.25, -0.2) is 9.59 Å². The molecule has 4 rings (SSSR count). The Kier molecular flexibility index (Phi) is 7.37. The normalized spacial score (nSPS) is 13.8. The first-order valence-electron chi connectivity index (χ1n) is 10.9. The first-order valence-corrected chi connectivity index (χ1v) is 12.0. The molecule has 0 bridgehead atoms. The van der Waals surface area contributed by atoms with Crippen molar-refractivity contribution in [1.82, 2.24) is 5.32 Å². The van der Waals surface area contributed by atoms with E-state index < -0.39 is 30.1 Å². The third-order valence-electron chi connectivity index (χ3n) is 5.79. The molecule has 2 amide bonds. The molecular weight excluding hydrogens is 563 g/mol. The average molecular weight is 586 g/mol. The van der Waals surface area contributed by atoms with Crippen molar-refractivity contribution in [2.45, 2.75) is 25.0 Å². The average Bonchev–Trinajstić information content (AvgIpc) is 3.14. The third kappa shape index (κ3) is 5.46. The predicted octanol–water partition coefficient (Wildman–Crippen LogP) is 4.22. The summed E-state index contributed by atoms with van der Waals surface area (Å²) in [5.74, 6) is -2.12. The van der Waals surface area contributed by atoms with Gasteiger partial charge < -0.3 is 20.3 Å². The molecule has 0 radical (unpaired) electrons. The van der Waals surface area contributed by atoms with E-state index in [1.54, 1.807) is 12.1 Å². The van der Waals surface area contributed by atoms with Gasteiger partial charge in [-0.3, -0.25) is 10.1 Å². The van der Waals surface area contributed by atoms with Crippen molar-refractivity contribution < 1.29 is 29.3 Å². The Hall–Kier alpha value is -3.44. The second-order valence-electron chi connectivity index (χ2n) is 8.21. The summed E-state index contributed by atoms with van der Waals surface area (Å²) in [6, 6.07) is 19.2. The van der Waals surface area contributed by atoms with Crippen LogP contribution in [0, 0.1) is 3.57 Å². The molecule has 0 saturated carbocycles. The fraction of sp³-hybridized carbons (Fsp3) is 0.192. The number of aliphatic hydroxyl groups excluding tert-OH is 1. The highest BCUT2D eigenvalue weighted by Crippen LogP contribution is 2.44. The lowest BCUT2D eigenvalue weighted by atomic mass is 9.98. The standard InChI is InChI=1S/C26H23IN2O6/c1-14(30)23(25(32)33)29-24(31)15-10-16(27)12-17(11-15)28-26(34)35-13-22-20-8-4-2-6-18(20)19-7-3-5-9-21(19)22/h2-12,14,22-23,30H,13H2,1H3,(H,28,34)(H,29,31)(H,32,33). The number of rotatable bonds is 7. The van der Waals surface area contributed by atoms with Crippen LogP contribution in [-0.4, -0.2) is 46.9 Å². The summed E-state index contributed by atoms with van der Waals surface area (Å²) in [6.45, 7) is 1.42. The van der Waals surface area contributed by atoms with Crippen LogP contribution in [0.2, 0.25) is 0 Å². The smallest absolute Gasteiger partial charge is 0.411 e. The maximum atomic E-state index is 12.6. The van der Waals surface area contributed by atoms with Gasteiger partial charge in [0.15, 0.2) is 6.04 Å². The van der Waals surface area contributed by atoms with E-state index in [0.29, 0.717) is 9.26 Å². The van der Waals surface area contributed by atoms with Crippen LogP contribution < -0.4 is 10.6 Å². The minimum Gasteiger partial charge on any atom is -0.480 e. The maximum Gasteiger partial charge on any atom is 0.411 e. The highest BCUT2D eigenvalue weighted by Gasteiger charge is 2.29. The van der Waals surface area contributed by atoms with Crippen molar-refractivity contribution in [2.24, 2.45) is 0 Å². The number of carboxylic acid groups (broad SMARTS) is 1. The van der Waals surface area contributed by atoms with Gasteiger partial charge in [0.1, 0.15) is 6.61 Å². The molecule has 8 nitrogen and oxygen atoms in total. The quantitative estimate of drug-likeness (QED) is 0.308. The van der Waals surface area contributed by atoms with Crippen LogP contribution in [0.4, 0.5) is 10.5 Å². The van der Waals surface area contributed by atoms with Gasteiger partial charge in [0.05, 0.1) is 6.10 Å². The van der Waals surface area contributed by atoms with E-state index in [1.165, 1.54) is 13.0 Å². The number of amides is 2. The summed E-state index contributed by atoms with van der Waals surface area (Å²) >= 11 is 1.99. The number of carbonyl (C=O) groups excluding carboxylic acids is 2. The van der Waals surface area contributed by atoms with Gasteiger partial charge in [-0.05, 0) is 70.0 Å². The molecule has 2 atom stereocenters. The maximum absolute atomic E-state index is 12.6. The Morgan fingerprint density at radius 3 is 2.17 bits per heavy atom. The molecular formula is C26H23IN2O6. The lowest BCUT2D eigenvalue weighted by Crippen LogP contribution is -2.47. The molecule has 35 heavy (non-hydrogen) atoms. The summed E-state index contributed by atoms with van der Waals surface area (Å²) in [4.78, 5) is 36.4. The molecule has 1 aliphatic rings. The zero-order chi connectivity index (χ0) is 25.1. The number of fused-ring (bicyclic) bond motifs is 3. The first-order chi connectivity index (χ1) is 16.7. The summed E-state index contributed by atoms with van der Waals surface area (Å²) < 4.78 is 6.19. The fourth-order valence-corrected chi connectivity index (χ4v) is 4.83. The molecule has 2 unspecified atom stereocenters. The van der Waals surface area contributed by atoms with Gasteiger partial charge in [-0.1, -0.05) is 48.5 Å². The molecule has 0 aromatic heterocycles. The van der Waals surface area contributed by atoms with Crippen LogP contribution in [0.3, 0.4) is 0 Å². The molecule has 0 fully saturated rings. The molecule has 0 saturated heterocycles. The van der Waals surface area contributed by atoms with E-state index in [0.717, 1.165) is 22.3 Å². The van der Waals surface area contributed by atoms with Crippen molar-refractivity contribution >= 4 is 46.2 Å². The molecule has 0 aliphatic heterocycles. The number of carbonyl (C=O) groups is 3. The molecule has 0 heterocycles. The van der Waals surface area contributed by atoms with Gasteiger partial charge >= 0.3 is 12.1 Å². The minimum atomic E-state index is -1.46. The molecule has 3 aromatic carbocycles. The zero-order valence-electron chi connectivity index (χ0n) is 18.7. The summed E-state index contributed by atoms with van der Waals surface area (Å²) in [7, 11) is 0. The largest absolute Gasteiger partial charge is 0.480 e. The van der Waals surface area contributed by atoms with Gasteiger partial charge in [-0.15, -0.1) is 0 Å². The van der Waals surface area contributed by atoms with E-state index >= 15 is 0 Å². The Bertz CT molecular complexity index is 1250. The highest BCUT2D eigenvalue weighted by atomic mass is 127. The van der Waals surface area contributed by atoms with Crippen LogP contribution in [0.25, 0.3) is 11.1 Å². The number of aliphatic hydroxyl groups is 1. The molecule has 1 aliphatic carbocycles. The van der Waals surface area contributed by atoms with Gasteiger partial charge in [0, 0.05) is 20.7 Å². The summed E-state index contributed by atoms with van der Waals surface area (Å²) in [5.41, 5.74) is 4.91. The van der Waals surface area contributed by atoms with E-state index in [2.05, 4.69) is 22.8 Å². The number of nitrogens with one attached hydrogen (secondary N) is 2. The van der Waals surface area contributed by atoms with Crippen molar-refractivity contribution in [3.8, 4) is 11.1 Å². The van der Waals surface area contributed by atoms with Crippen LogP contribution in [0.5, 0.6) is 0 Å². The van der Waals surface area contributed by atoms with Gasteiger partial charge in [0.2, 0.25) is 0 Å². The Labute approximate surface area is 215 Å². The molecule has 4 N–H and O–H groups in total. The second kappa shape index (κ2) is 10.4. The Morgan fingerprint density at radius 1 is 1.00 bits per heavy atom. The SMILES string of the molecule is CC(O)C(NC(=O)c1cc(I)cc(NC(=O)OCC2c3ccccc3-c3ccccc32)c1)C(=O)O. The Balaban J connectivity index is 1.44. The number of hydrogen-bond acceptors (Lipinski definition) is 5. The fourth-order valence-electron chi connectivity index (χ4n) is 4.16. The topological polar surface area (TPSA) is 125 Å². The number of halogens is 1. The number of hydrogen-bond donors (Lipinski definition) is 4. The molecule has 180 valence electrons. The van der Waals surface area contributed by atoms with E-state index in [-0.39, 0.29) is 18.1 Å². The molecule has 3 aromatic rings. The lowest BCUT2D eigenvalue weighted by Gasteiger charge is -2.17. The van der Waals surface area contributed by atoms with E-state index in [9.17, 15) is 24.6 Å². The number of aliphatic carboxylic acids is 1. The van der Waals surface area contributed by atoms with Crippen molar-refractivity contribution in [1.29, 1.82) is 0 Å². The molecule has 9 heteroatoms. The first kappa shape index (κ1) is 24.7. The number of ether oxygens (including phenoxy) is 1. The van der Waals surface area contributed by atoms with Crippen LogP contribution in [0.1, 0.15) is 34.3 Å². The molecule has 0 spiro atoms. The van der Waals surface area contributed by atoms with Crippen LogP contribution >= 0.6 is 22.6 Å². The number of carboxylic acids is 1. The zero-order valence-corrected chi connectivity index (χ0v) is 20.9. The summed E-state index contributed by atoms with van der Waals surface area (Å²) in [6.07, 6.45) is -1.95. The predicted molar refractivity (Wildman–Crippen MR) is 138 cm³/mol. The van der Waals surface area contributed by atoms with E-state index in [4.69, 9.17) is 4.74 Å². The Morgan fingerprint density at radius 2 is 1.60 bits per heavy atom. The number of benzene rings is 3. The van der Waals surface area contributed by atoms with Crippen molar-refractivity contribution in [2.75, 3.05) is 11.9 Å². The van der Waals surface area contributed by atoms with Gasteiger partial charge in [-0.2, -0.15) is 0 Å². The van der Waals surface area contributed by atoms with Gasteiger partial charge in [0.25, 0.3) is 5.91 Å². The number of anilines is 1. The highest BCUT2D eigenvalue weighted by molar-refractivity contribution is 14.1. The second-order valence-corrected chi connectivity index (χ2v) is 9.45. The van der Waals surface area contributed by atoms with Crippen LogP contribution in [-0.2, 0) is 9.53 Å². The monoisotopic (exact) mass is 586 g/mol. The minimum absolute atomic E-state index is 0.0844. The van der Waals surface area contributed by atoms with E-state index in [1.807, 2.05) is 59.0 Å². The summed E-state index contributed by atoms with van der Waals surface area (Å²) in [5, 5.41) is 23.7. The van der Waals surface area contributed by atoms with Crippen molar-refractivity contribution in [3.63, 3.8) is 0 Å². The van der Waals surface area contributed by atoms with Crippen LogP contribution in [0.15, 0.2) is 66.7 Å². The lowest BCUT2D eigenvalue weighted by molar-refractivity contribution is -0.141.